The summed E-state index contributed by atoms with van der Waals surface area (Å²) in [6.07, 6.45) is 0. The quantitative estimate of drug-likeness (QED) is 0.671. The smallest absolute Gasteiger partial charge is 0.125 e. The van der Waals surface area contributed by atoms with E-state index < -0.39 is 0 Å². The summed E-state index contributed by atoms with van der Waals surface area (Å²) in [5.41, 5.74) is 2.95. The molecule has 3 aromatic rings. The highest BCUT2D eigenvalue weighted by molar-refractivity contribution is 5.86. The summed E-state index contributed by atoms with van der Waals surface area (Å²) >= 11 is 0. The Bertz CT molecular complexity index is 754. The number of halogens is 1. The zero-order valence-electron chi connectivity index (χ0n) is 12.2. The van der Waals surface area contributed by atoms with Crippen molar-refractivity contribution in [1.82, 2.24) is 0 Å². The van der Waals surface area contributed by atoms with Crippen molar-refractivity contribution in [3.63, 3.8) is 0 Å². The van der Waals surface area contributed by atoms with Gasteiger partial charge in [-0.3, -0.25) is 0 Å². The predicted octanol–water partition coefficient (Wildman–Crippen LogP) is 5.46. The van der Waals surface area contributed by atoms with Crippen molar-refractivity contribution < 1.29 is 4.39 Å². The van der Waals surface area contributed by atoms with Crippen LogP contribution in [0, 0.1) is 12.7 Å². The molecule has 0 aliphatic heterocycles. The lowest BCUT2D eigenvalue weighted by atomic mass is 9.99. The van der Waals surface area contributed by atoms with Crippen LogP contribution in [0.1, 0.15) is 24.1 Å². The minimum absolute atomic E-state index is 0.109. The molecule has 3 rings (SSSR count). The molecule has 0 radical (unpaired) electrons. The van der Waals surface area contributed by atoms with Crippen LogP contribution < -0.4 is 5.32 Å². The van der Waals surface area contributed by atoms with Crippen molar-refractivity contribution in [3.05, 3.63) is 77.6 Å². The Balaban J connectivity index is 1.95. The minimum Gasteiger partial charge on any atom is -0.378 e. The van der Waals surface area contributed by atoms with Crippen LogP contribution in [0.4, 0.5) is 10.1 Å². The van der Waals surface area contributed by atoms with Gasteiger partial charge in [0.15, 0.2) is 0 Å². The van der Waals surface area contributed by atoms with Crippen molar-refractivity contribution in [2.75, 3.05) is 5.32 Å². The van der Waals surface area contributed by atoms with Gasteiger partial charge in [-0.2, -0.15) is 0 Å². The normalized spacial score (nSPS) is 12.3. The summed E-state index contributed by atoms with van der Waals surface area (Å²) in [5.74, 6) is -0.206. The largest absolute Gasteiger partial charge is 0.378 e. The summed E-state index contributed by atoms with van der Waals surface area (Å²) in [7, 11) is 0. The number of hydrogen-bond donors (Lipinski definition) is 1. The fourth-order valence-corrected chi connectivity index (χ4v) is 2.78. The van der Waals surface area contributed by atoms with Gasteiger partial charge in [-0.15, -0.1) is 0 Å². The molecule has 0 aliphatic carbocycles. The SMILES string of the molecule is Cc1cc(F)cc(NC(C)c2cccc3ccccc23)c1. The number of hydrogen-bond acceptors (Lipinski definition) is 1. The third kappa shape index (κ3) is 2.89. The second-order valence-electron chi connectivity index (χ2n) is 5.45. The fraction of sp³-hybridized carbons (Fsp3) is 0.158. The highest BCUT2D eigenvalue weighted by Gasteiger charge is 2.09. The van der Waals surface area contributed by atoms with Gasteiger partial charge in [-0.05, 0) is 53.9 Å². The minimum atomic E-state index is -0.206. The average Bonchev–Trinajstić information content (AvgIpc) is 2.45. The van der Waals surface area contributed by atoms with Crippen molar-refractivity contribution in [1.29, 1.82) is 0 Å². The third-order valence-corrected chi connectivity index (χ3v) is 3.72. The van der Waals surface area contributed by atoms with Gasteiger partial charge in [-0.1, -0.05) is 42.5 Å². The van der Waals surface area contributed by atoms with E-state index in [1.807, 2.05) is 25.1 Å². The van der Waals surface area contributed by atoms with Crippen LogP contribution in [-0.4, -0.2) is 0 Å². The van der Waals surface area contributed by atoms with Gasteiger partial charge in [0, 0.05) is 11.7 Å². The summed E-state index contributed by atoms with van der Waals surface area (Å²) < 4.78 is 13.5. The van der Waals surface area contributed by atoms with Crippen LogP contribution in [0.5, 0.6) is 0 Å². The zero-order valence-corrected chi connectivity index (χ0v) is 12.2. The number of rotatable bonds is 3. The second kappa shape index (κ2) is 5.57. The van der Waals surface area contributed by atoms with Crippen molar-refractivity contribution in [2.45, 2.75) is 19.9 Å². The molecule has 0 saturated carbocycles. The Hall–Kier alpha value is -2.35. The van der Waals surface area contributed by atoms with E-state index in [9.17, 15) is 4.39 Å². The Labute approximate surface area is 124 Å². The zero-order chi connectivity index (χ0) is 14.8. The average molecular weight is 279 g/mol. The maximum Gasteiger partial charge on any atom is 0.125 e. The molecule has 1 atom stereocenters. The van der Waals surface area contributed by atoms with Crippen molar-refractivity contribution in [2.24, 2.45) is 0 Å². The molecular formula is C19H18FN. The molecule has 1 unspecified atom stereocenters. The molecule has 106 valence electrons. The van der Waals surface area contributed by atoms with Gasteiger partial charge >= 0.3 is 0 Å². The molecule has 0 bridgehead atoms. The first-order valence-corrected chi connectivity index (χ1v) is 7.15. The van der Waals surface area contributed by atoms with Crippen LogP contribution >= 0.6 is 0 Å². The van der Waals surface area contributed by atoms with Gasteiger partial charge in [0.2, 0.25) is 0 Å². The van der Waals surface area contributed by atoms with Gasteiger partial charge in [0.25, 0.3) is 0 Å². The topological polar surface area (TPSA) is 12.0 Å². The second-order valence-corrected chi connectivity index (χ2v) is 5.45. The van der Waals surface area contributed by atoms with Gasteiger partial charge in [0.05, 0.1) is 0 Å². The van der Waals surface area contributed by atoms with Crippen molar-refractivity contribution in [3.8, 4) is 0 Å². The lowest BCUT2D eigenvalue weighted by molar-refractivity contribution is 0.626. The molecule has 1 nitrogen and oxygen atoms in total. The molecule has 0 fully saturated rings. The van der Waals surface area contributed by atoms with E-state index in [0.29, 0.717) is 0 Å². The van der Waals surface area contributed by atoms with Crippen LogP contribution in [0.3, 0.4) is 0 Å². The number of nitrogens with one attached hydrogen (secondary N) is 1. The standard InChI is InChI=1S/C19H18FN/c1-13-10-16(20)12-17(11-13)21-14(2)18-9-5-7-15-6-3-4-8-19(15)18/h3-12,14,21H,1-2H3. The van der Waals surface area contributed by atoms with E-state index in [1.165, 1.54) is 28.5 Å². The Kier molecular flexibility index (Phi) is 3.61. The maximum absolute atomic E-state index is 13.5. The highest BCUT2D eigenvalue weighted by Crippen LogP contribution is 2.27. The molecule has 0 saturated heterocycles. The first kappa shape index (κ1) is 13.6. The van der Waals surface area contributed by atoms with Gasteiger partial charge < -0.3 is 5.32 Å². The Morgan fingerprint density at radius 2 is 1.71 bits per heavy atom. The number of fused-ring (bicyclic) bond motifs is 1. The van der Waals surface area contributed by atoms with Crippen molar-refractivity contribution >= 4 is 16.5 Å². The lowest BCUT2D eigenvalue weighted by Crippen LogP contribution is -2.07. The van der Waals surface area contributed by atoms with E-state index >= 15 is 0 Å². The van der Waals surface area contributed by atoms with Gasteiger partial charge in [-0.25, -0.2) is 4.39 Å². The van der Waals surface area contributed by atoms with Crippen LogP contribution in [0.2, 0.25) is 0 Å². The van der Waals surface area contributed by atoms with Gasteiger partial charge in [0.1, 0.15) is 5.82 Å². The molecule has 2 heteroatoms. The molecule has 0 aromatic heterocycles. The molecule has 0 spiro atoms. The summed E-state index contributed by atoms with van der Waals surface area (Å²) in [5, 5.41) is 5.84. The van der Waals surface area contributed by atoms with E-state index in [1.54, 1.807) is 0 Å². The van der Waals surface area contributed by atoms with Crippen LogP contribution in [-0.2, 0) is 0 Å². The molecule has 0 aliphatic rings. The maximum atomic E-state index is 13.5. The predicted molar refractivity (Wildman–Crippen MR) is 87.1 cm³/mol. The molecule has 0 heterocycles. The van der Waals surface area contributed by atoms with E-state index in [4.69, 9.17) is 0 Å². The summed E-state index contributed by atoms with van der Waals surface area (Å²) in [6, 6.07) is 19.8. The first-order chi connectivity index (χ1) is 10.1. The van der Waals surface area contributed by atoms with Crippen LogP contribution in [0.25, 0.3) is 10.8 Å². The van der Waals surface area contributed by atoms with E-state index in [0.717, 1.165) is 11.3 Å². The number of aryl methyl sites for hydroxylation is 1. The van der Waals surface area contributed by atoms with E-state index in [2.05, 4.69) is 42.6 Å². The summed E-state index contributed by atoms with van der Waals surface area (Å²) in [6.45, 7) is 4.00. The van der Waals surface area contributed by atoms with E-state index in [-0.39, 0.29) is 11.9 Å². The lowest BCUT2D eigenvalue weighted by Gasteiger charge is -2.18. The Morgan fingerprint density at radius 1 is 0.952 bits per heavy atom. The molecular weight excluding hydrogens is 261 g/mol. The Morgan fingerprint density at radius 3 is 2.52 bits per heavy atom. The molecule has 21 heavy (non-hydrogen) atoms. The monoisotopic (exact) mass is 279 g/mol. The fourth-order valence-electron chi connectivity index (χ4n) is 2.78. The summed E-state index contributed by atoms with van der Waals surface area (Å²) in [4.78, 5) is 0. The molecule has 0 amide bonds. The third-order valence-electron chi connectivity index (χ3n) is 3.72. The molecule has 3 aromatic carbocycles. The first-order valence-electron chi connectivity index (χ1n) is 7.15. The molecule has 1 N–H and O–H groups in total. The number of benzene rings is 3. The highest BCUT2D eigenvalue weighted by atomic mass is 19.1. The number of anilines is 1. The van der Waals surface area contributed by atoms with Crippen LogP contribution in [0.15, 0.2) is 60.7 Å².